The SMILES string of the molecule is CCOCC(Nc1c(N)c(C(C)C)nn1C)C(C)C. The van der Waals surface area contributed by atoms with E-state index in [1.807, 2.05) is 18.7 Å². The Morgan fingerprint density at radius 2 is 1.95 bits per heavy atom. The summed E-state index contributed by atoms with van der Waals surface area (Å²) in [6, 6.07) is 0.234. The normalized spacial score (nSPS) is 13.3. The van der Waals surface area contributed by atoms with Crippen LogP contribution < -0.4 is 11.1 Å². The zero-order valence-corrected chi connectivity index (χ0v) is 13.0. The van der Waals surface area contributed by atoms with E-state index in [1.165, 1.54) is 0 Å². The molecule has 0 amide bonds. The van der Waals surface area contributed by atoms with Crippen LogP contribution in [0.2, 0.25) is 0 Å². The number of nitrogen functional groups attached to an aromatic ring is 1. The molecule has 1 aromatic heterocycles. The number of nitrogens with zero attached hydrogens (tertiary/aromatic N) is 2. The predicted octanol–water partition coefficient (Wildman–Crippen LogP) is 2.60. The molecule has 0 fully saturated rings. The van der Waals surface area contributed by atoms with Crippen molar-refractivity contribution in [1.82, 2.24) is 9.78 Å². The highest BCUT2D eigenvalue weighted by Gasteiger charge is 2.20. The molecule has 1 heterocycles. The molecule has 110 valence electrons. The van der Waals surface area contributed by atoms with Crippen LogP contribution in [0.25, 0.3) is 0 Å². The van der Waals surface area contributed by atoms with Gasteiger partial charge in [-0.15, -0.1) is 0 Å². The molecule has 1 rings (SSSR count). The van der Waals surface area contributed by atoms with Crippen LogP contribution >= 0.6 is 0 Å². The summed E-state index contributed by atoms with van der Waals surface area (Å²) in [6.45, 7) is 12.0. The summed E-state index contributed by atoms with van der Waals surface area (Å²) in [5.41, 5.74) is 7.89. The first-order chi connectivity index (χ1) is 8.88. The zero-order valence-electron chi connectivity index (χ0n) is 13.0. The van der Waals surface area contributed by atoms with Gasteiger partial charge >= 0.3 is 0 Å². The van der Waals surface area contributed by atoms with Crippen molar-refractivity contribution in [2.45, 2.75) is 46.6 Å². The lowest BCUT2D eigenvalue weighted by molar-refractivity contribution is 0.126. The maximum Gasteiger partial charge on any atom is 0.148 e. The van der Waals surface area contributed by atoms with Gasteiger partial charge in [-0.3, -0.25) is 4.68 Å². The summed E-state index contributed by atoms with van der Waals surface area (Å²) >= 11 is 0. The maximum atomic E-state index is 6.20. The summed E-state index contributed by atoms with van der Waals surface area (Å²) in [5.74, 6) is 1.68. The molecule has 1 atom stereocenters. The monoisotopic (exact) mass is 268 g/mol. The molecule has 3 N–H and O–H groups in total. The second-order valence-electron chi connectivity index (χ2n) is 5.58. The minimum Gasteiger partial charge on any atom is -0.394 e. The Hall–Kier alpha value is -1.23. The summed E-state index contributed by atoms with van der Waals surface area (Å²) in [5, 5.41) is 7.97. The lowest BCUT2D eigenvalue weighted by Gasteiger charge is -2.23. The first-order valence-electron chi connectivity index (χ1n) is 7.05. The Morgan fingerprint density at radius 3 is 2.37 bits per heavy atom. The van der Waals surface area contributed by atoms with E-state index < -0.39 is 0 Å². The van der Waals surface area contributed by atoms with Crippen LogP contribution in [0.4, 0.5) is 11.5 Å². The van der Waals surface area contributed by atoms with E-state index >= 15 is 0 Å². The van der Waals surface area contributed by atoms with Crippen molar-refractivity contribution in [1.29, 1.82) is 0 Å². The van der Waals surface area contributed by atoms with Gasteiger partial charge in [0.15, 0.2) is 0 Å². The molecule has 0 saturated carbocycles. The van der Waals surface area contributed by atoms with E-state index in [1.54, 1.807) is 0 Å². The summed E-state index contributed by atoms with van der Waals surface area (Å²) < 4.78 is 7.36. The minimum atomic E-state index is 0.234. The van der Waals surface area contributed by atoms with Crippen LogP contribution in [-0.2, 0) is 11.8 Å². The van der Waals surface area contributed by atoms with Gasteiger partial charge in [0.05, 0.1) is 24.0 Å². The van der Waals surface area contributed by atoms with Crippen molar-refractivity contribution in [2.24, 2.45) is 13.0 Å². The number of hydrogen-bond acceptors (Lipinski definition) is 4. The number of nitrogens with two attached hydrogens (primary N) is 1. The molecule has 0 spiro atoms. The van der Waals surface area contributed by atoms with Gasteiger partial charge in [0, 0.05) is 13.7 Å². The highest BCUT2D eigenvalue weighted by Crippen LogP contribution is 2.28. The van der Waals surface area contributed by atoms with Gasteiger partial charge in [0.25, 0.3) is 0 Å². The number of hydrogen-bond donors (Lipinski definition) is 2. The Kier molecular flexibility index (Phi) is 5.66. The van der Waals surface area contributed by atoms with Gasteiger partial charge in [0.1, 0.15) is 5.82 Å². The van der Waals surface area contributed by atoms with Gasteiger partial charge in [0.2, 0.25) is 0 Å². The van der Waals surface area contributed by atoms with E-state index in [4.69, 9.17) is 10.5 Å². The average Bonchev–Trinajstić information content (AvgIpc) is 2.61. The van der Waals surface area contributed by atoms with Crippen molar-refractivity contribution in [3.63, 3.8) is 0 Å². The van der Waals surface area contributed by atoms with E-state index in [9.17, 15) is 0 Å². The number of aromatic nitrogens is 2. The second-order valence-corrected chi connectivity index (χ2v) is 5.58. The van der Waals surface area contributed by atoms with Gasteiger partial charge in [-0.05, 0) is 18.8 Å². The first-order valence-corrected chi connectivity index (χ1v) is 7.05. The van der Waals surface area contributed by atoms with Gasteiger partial charge in [-0.2, -0.15) is 5.10 Å². The fraction of sp³-hybridized carbons (Fsp3) is 0.786. The van der Waals surface area contributed by atoms with Crippen molar-refractivity contribution in [2.75, 3.05) is 24.3 Å². The van der Waals surface area contributed by atoms with E-state index in [-0.39, 0.29) is 6.04 Å². The fourth-order valence-electron chi connectivity index (χ4n) is 1.98. The molecular formula is C14H28N4O. The van der Waals surface area contributed by atoms with Crippen molar-refractivity contribution in [3.8, 4) is 0 Å². The fourth-order valence-corrected chi connectivity index (χ4v) is 1.98. The Bertz CT molecular complexity index is 398. The molecule has 5 heteroatoms. The van der Waals surface area contributed by atoms with Crippen LogP contribution in [0.3, 0.4) is 0 Å². The average molecular weight is 268 g/mol. The highest BCUT2D eigenvalue weighted by atomic mass is 16.5. The van der Waals surface area contributed by atoms with Crippen LogP contribution in [0.15, 0.2) is 0 Å². The van der Waals surface area contributed by atoms with Crippen molar-refractivity contribution < 1.29 is 4.74 Å². The molecule has 0 bridgehead atoms. The molecule has 1 unspecified atom stereocenters. The molecule has 0 saturated heterocycles. The zero-order chi connectivity index (χ0) is 14.6. The lowest BCUT2D eigenvalue weighted by Crippen LogP contribution is -2.32. The summed E-state index contributed by atoms with van der Waals surface area (Å²) in [7, 11) is 1.92. The lowest BCUT2D eigenvalue weighted by atomic mass is 10.0. The van der Waals surface area contributed by atoms with Crippen molar-refractivity contribution in [3.05, 3.63) is 5.69 Å². The molecule has 0 aliphatic rings. The van der Waals surface area contributed by atoms with Crippen LogP contribution in [0.1, 0.15) is 46.2 Å². The summed E-state index contributed by atoms with van der Waals surface area (Å²) in [4.78, 5) is 0. The smallest absolute Gasteiger partial charge is 0.148 e. The predicted molar refractivity (Wildman–Crippen MR) is 80.5 cm³/mol. The number of nitrogens with one attached hydrogen (secondary N) is 1. The molecule has 19 heavy (non-hydrogen) atoms. The number of rotatable bonds is 7. The maximum absolute atomic E-state index is 6.20. The standard InChI is InChI=1S/C14H28N4O/c1-7-19-8-11(9(2)3)16-14-12(15)13(10(4)5)17-18(14)6/h9-11,16H,7-8,15H2,1-6H3. The topological polar surface area (TPSA) is 65.1 Å². The van der Waals surface area contributed by atoms with Gasteiger partial charge in [-0.1, -0.05) is 27.7 Å². The molecule has 0 radical (unpaired) electrons. The largest absolute Gasteiger partial charge is 0.394 e. The Morgan fingerprint density at radius 1 is 1.32 bits per heavy atom. The molecule has 5 nitrogen and oxygen atoms in total. The molecular weight excluding hydrogens is 240 g/mol. The second kappa shape index (κ2) is 6.80. The van der Waals surface area contributed by atoms with E-state index in [0.29, 0.717) is 18.4 Å². The number of ether oxygens (including phenoxy) is 1. The minimum absolute atomic E-state index is 0.234. The Balaban J connectivity index is 2.90. The van der Waals surface area contributed by atoms with Crippen LogP contribution in [-0.4, -0.2) is 29.0 Å². The highest BCUT2D eigenvalue weighted by molar-refractivity contribution is 5.66. The van der Waals surface area contributed by atoms with Gasteiger partial charge in [-0.25, -0.2) is 0 Å². The molecule has 0 aliphatic carbocycles. The van der Waals surface area contributed by atoms with E-state index in [2.05, 4.69) is 38.1 Å². The van der Waals surface area contributed by atoms with Crippen molar-refractivity contribution >= 4 is 11.5 Å². The summed E-state index contributed by atoms with van der Waals surface area (Å²) in [6.07, 6.45) is 0. The molecule has 0 aliphatic heterocycles. The number of anilines is 2. The first kappa shape index (κ1) is 15.8. The van der Waals surface area contributed by atoms with E-state index in [0.717, 1.165) is 23.8 Å². The number of aryl methyl sites for hydroxylation is 1. The molecule has 1 aromatic rings. The third-order valence-electron chi connectivity index (χ3n) is 3.29. The third-order valence-corrected chi connectivity index (χ3v) is 3.29. The Labute approximate surface area is 116 Å². The molecule has 0 aromatic carbocycles. The third kappa shape index (κ3) is 3.86. The van der Waals surface area contributed by atoms with Crippen LogP contribution in [0.5, 0.6) is 0 Å². The quantitative estimate of drug-likeness (QED) is 0.798. The van der Waals surface area contributed by atoms with Gasteiger partial charge < -0.3 is 15.8 Å². The van der Waals surface area contributed by atoms with Crippen LogP contribution in [0, 0.1) is 5.92 Å².